The van der Waals surface area contributed by atoms with E-state index in [1.807, 2.05) is 6.92 Å². The van der Waals surface area contributed by atoms with E-state index < -0.39 is 17.5 Å². The molecular weight excluding hydrogens is 296 g/mol. The van der Waals surface area contributed by atoms with Gasteiger partial charge in [0.15, 0.2) is 5.69 Å². The van der Waals surface area contributed by atoms with Crippen LogP contribution in [0, 0.1) is 0 Å². The maximum atomic E-state index is 12.4. The van der Waals surface area contributed by atoms with Crippen LogP contribution in [0.25, 0.3) is 0 Å². The van der Waals surface area contributed by atoms with E-state index >= 15 is 0 Å². The molecule has 1 aromatic heterocycles. The van der Waals surface area contributed by atoms with Crippen LogP contribution >= 0.6 is 11.8 Å². The first-order valence-corrected chi connectivity index (χ1v) is 7.26. The molecule has 0 radical (unpaired) electrons. The number of allylic oxidation sites excluding steroid dienone is 2. The van der Waals surface area contributed by atoms with E-state index in [9.17, 15) is 14.4 Å². The molecule has 112 valence electrons. The molecule has 0 aromatic carbocycles. The minimum atomic E-state index is -0.731. The molecule has 1 aromatic rings. The monoisotopic (exact) mass is 310 g/mol. The van der Waals surface area contributed by atoms with Gasteiger partial charge < -0.3 is 9.47 Å². The highest BCUT2D eigenvalue weighted by atomic mass is 32.2. The number of nitrogens with one attached hydrogen (secondary N) is 1. The van der Waals surface area contributed by atoms with Gasteiger partial charge in [0.2, 0.25) is 11.6 Å². The number of aromatic amines is 1. The molecule has 0 amide bonds. The van der Waals surface area contributed by atoms with Crippen LogP contribution in [0.4, 0.5) is 0 Å². The Morgan fingerprint density at radius 2 is 2.19 bits per heavy atom. The van der Waals surface area contributed by atoms with Crippen LogP contribution in [-0.2, 0) is 9.47 Å². The second kappa shape index (κ2) is 6.68. The van der Waals surface area contributed by atoms with Crippen molar-refractivity contribution in [3.8, 4) is 0 Å². The number of hydrogen-bond donors (Lipinski definition) is 1. The first-order chi connectivity index (χ1) is 10.1. The van der Waals surface area contributed by atoms with Crippen LogP contribution in [0.3, 0.4) is 0 Å². The third-order valence-electron chi connectivity index (χ3n) is 2.79. The molecule has 0 atom stereocenters. The number of ketones is 2. The molecule has 1 N–H and O–H groups in total. The van der Waals surface area contributed by atoms with Crippen LogP contribution in [0.15, 0.2) is 11.0 Å². The van der Waals surface area contributed by atoms with Crippen LogP contribution in [-0.4, -0.2) is 53.8 Å². The van der Waals surface area contributed by atoms with Crippen molar-refractivity contribution in [2.45, 2.75) is 6.92 Å². The van der Waals surface area contributed by atoms with E-state index in [4.69, 9.17) is 4.74 Å². The number of H-pyrrole nitrogens is 1. The zero-order chi connectivity index (χ0) is 15.4. The molecule has 0 fully saturated rings. The Morgan fingerprint density at radius 3 is 2.86 bits per heavy atom. The van der Waals surface area contributed by atoms with E-state index in [1.54, 1.807) is 0 Å². The predicted molar refractivity (Wildman–Crippen MR) is 75.6 cm³/mol. The number of nitrogens with zero attached hydrogens (tertiary/aromatic N) is 1. The zero-order valence-electron chi connectivity index (χ0n) is 11.6. The first kappa shape index (κ1) is 15.5. The molecule has 8 heteroatoms. The Labute approximate surface area is 125 Å². The molecule has 0 saturated carbocycles. The van der Waals surface area contributed by atoms with Gasteiger partial charge in [-0.15, -0.1) is 11.8 Å². The van der Waals surface area contributed by atoms with Crippen LogP contribution in [0.1, 0.15) is 38.3 Å². The van der Waals surface area contributed by atoms with Gasteiger partial charge in [-0.1, -0.05) is 0 Å². The molecule has 2 rings (SSSR count). The largest absolute Gasteiger partial charge is 0.464 e. The SMILES string of the molecule is CCOCCSC1=CC(=O)c2n[nH]c(C(=O)OC)c2C1=O. The lowest BCUT2D eigenvalue weighted by atomic mass is 9.99. The fourth-order valence-corrected chi connectivity index (χ4v) is 2.67. The number of esters is 1. The van der Waals surface area contributed by atoms with Crippen molar-refractivity contribution in [3.63, 3.8) is 0 Å². The summed E-state index contributed by atoms with van der Waals surface area (Å²) in [4.78, 5) is 36.2. The van der Waals surface area contributed by atoms with Crippen LogP contribution in [0.2, 0.25) is 0 Å². The van der Waals surface area contributed by atoms with E-state index in [0.717, 1.165) is 0 Å². The van der Waals surface area contributed by atoms with E-state index in [1.165, 1.54) is 24.9 Å². The third kappa shape index (κ3) is 3.06. The summed E-state index contributed by atoms with van der Waals surface area (Å²) in [5, 5.41) is 6.12. The van der Waals surface area contributed by atoms with Crippen molar-refractivity contribution in [3.05, 3.63) is 27.9 Å². The fourth-order valence-electron chi connectivity index (χ4n) is 1.83. The number of carbonyl (C=O) groups excluding carboxylic acids is 3. The predicted octanol–water partition coefficient (Wildman–Crippen LogP) is 1.23. The summed E-state index contributed by atoms with van der Waals surface area (Å²) >= 11 is 1.22. The molecule has 21 heavy (non-hydrogen) atoms. The summed E-state index contributed by atoms with van der Waals surface area (Å²) in [6.07, 6.45) is 1.24. The topological polar surface area (TPSA) is 98.3 Å². The van der Waals surface area contributed by atoms with Crippen molar-refractivity contribution in [2.24, 2.45) is 0 Å². The zero-order valence-corrected chi connectivity index (χ0v) is 12.4. The Hall–Kier alpha value is -1.93. The molecule has 1 heterocycles. The summed E-state index contributed by atoms with van der Waals surface area (Å²) < 4.78 is 9.76. The number of aromatic nitrogens is 2. The number of Topliss-reactive ketones (excluding diaryl/α,β-unsaturated/α-hetero) is 1. The molecule has 0 saturated heterocycles. The quantitative estimate of drug-likeness (QED) is 0.623. The number of hydrogen-bond acceptors (Lipinski definition) is 7. The summed E-state index contributed by atoms with van der Waals surface area (Å²) in [6, 6.07) is 0. The maximum absolute atomic E-state index is 12.4. The summed E-state index contributed by atoms with van der Waals surface area (Å²) in [5.74, 6) is -1.000. The Bertz CT molecular complexity index is 620. The Kier molecular flexibility index (Phi) is 4.92. The molecule has 0 aliphatic heterocycles. The normalized spacial score (nSPS) is 13.9. The van der Waals surface area contributed by atoms with Gasteiger partial charge in [-0.05, 0) is 6.92 Å². The van der Waals surface area contributed by atoms with Gasteiger partial charge in [0, 0.05) is 18.4 Å². The summed E-state index contributed by atoms with van der Waals surface area (Å²) in [7, 11) is 1.19. The van der Waals surface area contributed by atoms with E-state index in [-0.39, 0.29) is 21.9 Å². The van der Waals surface area contributed by atoms with Gasteiger partial charge >= 0.3 is 5.97 Å². The van der Waals surface area contributed by atoms with Crippen molar-refractivity contribution in [2.75, 3.05) is 26.1 Å². The number of ether oxygens (including phenoxy) is 2. The average molecular weight is 310 g/mol. The number of fused-ring (bicyclic) bond motifs is 1. The number of carbonyl (C=O) groups is 3. The van der Waals surface area contributed by atoms with Crippen molar-refractivity contribution in [1.82, 2.24) is 10.2 Å². The molecule has 0 spiro atoms. The fraction of sp³-hybridized carbons (Fsp3) is 0.385. The molecule has 0 bridgehead atoms. The van der Waals surface area contributed by atoms with Crippen molar-refractivity contribution < 1.29 is 23.9 Å². The van der Waals surface area contributed by atoms with Gasteiger partial charge in [0.25, 0.3) is 0 Å². The number of rotatable bonds is 6. The number of methoxy groups -OCH3 is 1. The minimum Gasteiger partial charge on any atom is -0.464 e. The van der Waals surface area contributed by atoms with Crippen LogP contribution in [0.5, 0.6) is 0 Å². The molecule has 7 nitrogen and oxygen atoms in total. The summed E-state index contributed by atoms with van der Waals surface area (Å²) in [5.41, 5.74) is -0.162. The van der Waals surface area contributed by atoms with Gasteiger partial charge in [-0.25, -0.2) is 4.79 Å². The first-order valence-electron chi connectivity index (χ1n) is 6.28. The maximum Gasteiger partial charge on any atom is 0.356 e. The second-order valence-corrected chi connectivity index (χ2v) is 5.20. The summed E-state index contributed by atoms with van der Waals surface area (Å²) in [6.45, 7) is 2.94. The van der Waals surface area contributed by atoms with Crippen molar-refractivity contribution >= 4 is 29.3 Å². The van der Waals surface area contributed by atoms with E-state index in [2.05, 4.69) is 14.9 Å². The highest BCUT2D eigenvalue weighted by Crippen LogP contribution is 2.29. The average Bonchev–Trinajstić information content (AvgIpc) is 2.93. The van der Waals surface area contributed by atoms with Gasteiger partial charge in [-0.3, -0.25) is 14.7 Å². The Morgan fingerprint density at radius 1 is 1.43 bits per heavy atom. The smallest absolute Gasteiger partial charge is 0.356 e. The lowest BCUT2D eigenvalue weighted by Crippen LogP contribution is -2.18. The molecule has 0 unspecified atom stereocenters. The molecule has 1 aliphatic carbocycles. The second-order valence-electron chi connectivity index (χ2n) is 4.06. The molecule has 1 aliphatic rings. The van der Waals surface area contributed by atoms with Gasteiger partial charge in [-0.2, -0.15) is 5.10 Å². The lowest BCUT2D eigenvalue weighted by molar-refractivity contribution is 0.0591. The third-order valence-corrected chi connectivity index (χ3v) is 3.78. The van der Waals surface area contributed by atoms with E-state index in [0.29, 0.717) is 19.0 Å². The highest BCUT2D eigenvalue weighted by molar-refractivity contribution is 8.04. The molecular formula is C13H14N2O5S. The van der Waals surface area contributed by atoms with Crippen LogP contribution < -0.4 is 0 Å². The lowest BCUT2D eigenvalue weighted by Gasteiger charge is -2.11. The standard InChI is InChI=1S/C13H14N2O5S/c1-3-20-4-5-21-8-6-7(16)10-9(12(8)17)11(15-14-10)13(18)19-2/h6H,3-5H2,1-2H3,(H,14,15). The van der Waals surface area contributed by atoms with Crippen molar-refractivity contribution in [1.29, 1.82) is 0 Å². The Balaban J connectivity index is 2.23. The number of thioether (sulfide) groups is 1. The van der Waals surface area contributed by atoms with Gasteiger partial charge in [0.1, 0.15) is 5.69 Å². The van der Waals surface area contributed by atoms with Gasteiger partial charge in [0.05, 0.1) is 24.2 Å². The highest BCUT2D eigenvalue weighted by Gasteiger charge is 2.34. The minimum absolute atomic E-state index is 0.0201.